The smallest absolute Gasteiger partial charge is 0.153 e. The van der Waals surface area contributed by atoms with Gasteiger partial charge in [0.15, 0.2) is 5.82 Å². The Labute approximate surface area is 151 Å². The van der Waals surface area contributed by atoms with Gasteiger partial charge in [-0.3, -0.25) is 0 Å². The fraction of sp³-hybridized carbons (Fsp3) is 0.222. The number of methoxy groups -OCH3 is 1. The number of hydrogen-bond acceptors (Lipinski definition) is 7. The molecule has 8 nitrogen and oxygen atoms in total. The lowest BCUT2D eigenvalue weighted by atomic mass is 10.2. The fourth-order valence-electron chi connectivity index (χ4n) is 2.59. The summed E-state index contributed by atoms with van der Waals surface area (Å²) in [7, 11) is 3.32. The van der Waals surface area contributed by atoms with Crippen LogP contribution in [0.3, 0.4) is 0 Å². The van der Waals surface area contributed by atoms with Crippen molar-refractivity contribution in [3.05, 3.63) is 47.4 Å². The summed E-state index contributed by atoms with van der Waals surface area (Å²) in [6, 6.07) is 7.55. The topological polar surface area (TPSA) is 101 Å². The van der Waals surface area contributed by atoms with E-state index in [0.717, 1.165) is 22.9 Å². The van der Waals surface area contributed by atoms with Gasteiger partial charge >= 0.3 is 0 Å². The standard InChI is InChI=1S/C18H21N7O/c1-11-6-5-7-17(21-11)25-10-14(12(2)24-25)22-16-8-15(26-4)13(9-19)18(20-3)23-16/h5-10,19H,1-4H3,(H2,20,22,23). The van der Waals surface area contributed by atoms with Gasteiger partial charge < -0.3 is 20.8 Å². The first-order valence-corrected chi connectivity index (χ1v) is 8.10. The number of ether oxygens (including phenoxy) is 1. The number of pyridine rings is 2. The second kappa shape index (κ2) is 7.22. The SMILES string of the molecule is CNc1nc(Nc2cn(-c3cccc(C)n3)nc2C)cc(OC)c1C=N. The van der Waals surface area contributed by atoms with E-state index < -0.39 is 0 Å². The van der Waals surface area contributed by atoms with Crippen molar-refractivity contribution in [1.29, 1.82) is 5.41 Å². The van der Waals surface area contributed by atoms with Gasteiger partial charge in [-0.1, -0.05) is 6.07 Å². The Balaban J connectivity index is 1.96. The van der Waals surface area contributed by atoms with E-state index in [1.54, 1.807) is 24.9 Å². The van der Waals surface area contributed by atoms with Gasteiger partial charge in [0.05, 0.1) is 30.3 Å². The van der Waals surface area contributed by atoms with E-state index in [0.29, 0.717) is 22.9 Å². The summed E-state index contributed by atoms with van der Waals surface area (Å²) >= 11 is 0. The van der Waals surface area contributed by atoms with Crippen molar-refractivity contribution in [2.75, 3.05) is 24.8 Å². The summed E-state index contributed by atoms with van der Waals surface area (Å²) in [5.41, 5.74) is 3.15. The summed E-state index contributed by atoms with van der Waals surface area (Å²) in [6.45, 7) is 3.86. The fourth-order valence-corrected chi connectivity index (χ4v) is 2.59. The highest BCUT2D eigenvalue weighted by Gasteiger charge is 2.13. The summed E-state index contributed by atoms with van der Waals surface area (Å²) in [6.07, 6.45) is 3.09. The summed E-state index contributed by atoms with van der Waals surface area (Å²) in [5, 5.41) is 18.3. The molecule has 0 aliphatic carbocycles. The van der Waals surface area contributed by atoms with Crippen LogP contribution in [0.4, 0.5) is 17.3 Å². The van der Waals surface area contributed by atoms with Crippen LogP contribution in [-0.4, -0.2) is 40.1 Å². The van der Waals surface area contributed by atoms with Crippen molar-refractivity contribution in [2.45, 2.75) is 13.8 Å². The minimum absolute atomic E-state index is 0.562. The maximum atomic E-state index is 7.55. The quantitative estimate of drug-likeness (QED) is 0.590. The first kappa shape index (κ1) is 17.4. The van der Waals surface area contributed by atoms with Crippen LogP contribution < -0.4 is 15.4 Å². The zero-order valence-corrected chi connectivity index (χ0v) is 15.2. The van der Waals surface area contributed by atoms with E-state index >= 15 is 0 Å². The van der Waals surface area contributed by atoms with Crippen LogP contribution in [-0.2, 0) is 0 Å². The molecule has 0 saturated heterocycles. The zero-order chi connectivity index (χ0) is 18.7. The Morgan fingerprint density at radius 1 is 1.23 bits per heavy atom. The minimum Gasteiger partial charge on any atom is -0.496 e. The van der Waals surface area contributed by atoms with Crippen molar-refractivity contribution >= 4 is 23.5 Å². The van der Waals surface area contributed by atoms with Gasteiger partial charge in [0.25, 0.3) is 0 Å². The van der Waals surface area contributed by atoms with Gasteiger partial charge in [0.1, 0.15) is 17.4 Å². The van der Waals surface area contributed by atoms with Crippen LogP contribution in [0.1, 0.15) is 17.0 Å². The van der Waals surface area contributed by atoms with Crippen molar-refractivity contribution < 1.29 is 4.74 Å². The van der Waals surface area contributed by atoms with Gasteiger partial charge in [-0.2, -0.15) is 5.10 Å². The van der Waals surface area contributed by atoms with Crippen molar-refractivity contribution in [3.8, 4) is 11.6 Å². The first-order chi connectivity index (χ1) is 12.5. The molecule has 0 fully saturated rings. The number of anilines is 3. The second-order valence-corrected chi connectivity index (χ2v) is 5.70. The number of aromatic nitrogens is 4. The third kappa shape index (κ3) is 3.34. The first-order valence-electron chi connectivity index (χ1n) is 8.10. The van der Waals surface area contributed by atoms with Gasteiger partial charge in [-0.15, -0.1) is 0 Å². The van der Waals surface area contributed by atoms with Gasteiger partial charge in [0.2, 0.25) is 0 Å². The average Bonchev–Trinajstić information content (AvgIpc) is 3.01. The predicted octanol–water partition coefficient (Wildman–Crippen LogP) is 3.07. The Bertz CT molecular complexity index is 923. The molecule has 3 aromatic heterocycles. The number of nitrogens with zero attached hydrogens (tertiary/aromatic N) is 4. The molecule has 3 aromatic rings. The maximum absolute atomic E-state index is 7.55. The molecule has 8 heteroatoms. The molecule has 0 spiro atoms. The molecular formula is C18H21N7O. The largest absolute Gasteiger partial charge is 0.496 e. The molecule has 0 radical (unpaired) electrons. The summed E-state index contributed by atoms with van der Waals surface area (Å²) < 4.78 is 7.10. The third-order valence-corrected chi connectivity index (χ3v) is 3.89. The van der Waals surface area contributed by atoms with Crippen LogP contribution in [0.5, 0.6) is 5.75 Å². The molecule has 0 amide bonds. The van der Waals surface area contributed by atoms with E-state index in [2.05, 4.69) is 25.7 Å². The third-order valence-electron chi connectivity index (χ3n) is 3.89. The molecule has 26 heavy (non-hydrogen) atoms. The highest BCUT2D eigenvalue weighted by molar-refractivity contribution is 5.89. The average molecular weight is 351 g/mol. The van der Waals surface area contributed by atoms with Gasteiger partial charge in [-0.25, -0.2) is 14.6 Å². The van der Waals surface area contributed by atoms with Gasteiger partial charge in [-0.05, 0) is 26.0 Å². The molecule has 0 aliphatic heterocycles. The molecule has 0 bridgehead atoms. The number of rotatable bonds is 6. The Hall–Kier alpha value is -3.42. The van der Waals surface area contributed by atoms with E-state index in [-0.39, 0.29) is 0 Å². The van der Waals surface area contributed by atoms with E-state index in [9.17, 15) is 0 Å². The summed E-state index contributed by atoms with van der Waals surface area (Å²) in [5.74, 6) is 2.47. The molecule has 0 aromatic carbocycles. The Kier molecular flexibility index (Phi) is 4.83. The highest BCUT2D eigenvalue weighted by Crippen LogP contribution is 2.29. The van der Waals surface area contributed by atoms with Crippen molar-refractivity contribution in [2.24, 2.45) is 0 Å². The Morgan fingerprint density at radius 2 is 2.04 bits per heavy atom. The van der Waals surface area contributed by atoms with Crippen LogP contribution in [0, 0.1) is 19.3 Å². The second-order valence-electron chi connectivity index (χ2n) is 5.70. The molecule has 3 rings (SSSR count). The monoisotopic (exact) mass is 351 g/mol. The highest BCUT2D eigenvalue weighted by atomic mass is 16.5. The maximum Gasteiger partial charge on any atom is 0.153 e. The molecular weight excluding hydrogens is 330 g/mol. The molecule has 3 N–H and O–H groups in total. The molecule has 0 aliphatic rings. The van der Waals surface area contributed by atoms with Crippen molar-refractivity contribution in [1.82, 2.24) is 19.7 Å². The Morgan fingerprint density at radius 3 is 2.69 bits per heavy atom. The van der Waals surface area contributed by atoms with Crippen LogP contribution in [0.25, 0.3) is 5.82 Å². The van der Waals surface area contributed by atoms with E-state index in [1.807, 2.05) is 38.2 Å². The van der Waals surface area contributed by atoms with Crippen molar-refractivity contribution in [3.63, 3.8) is 0 Å². The van der Waals surface area contributed by atoms with Crippen LogP contribution in [0.15, 0.2) is 30.5 Å². The normalized spacial score (nSPS) is 10.5. The summed E-state index contributed by atoms with van der Waals surface area (Å²) in [4.78, 5) is 8.98. The lowest BCUT2D eigenvalue weighted by Gasteiger charge is -2.12. The van der Waals surface area contributed by atoms with Crippen LogP contribution >= 0.6 is 0 Å². The number of aryl methyl sites for hydroxylation is 2. The molecule has 3 heterocycles. The van der Waals surface area contributed by atoms with Crippen LogP contribution in [0.2, 0.25) is 0 Å². The lowest BCUT2D eigenvalue weighted by molar-refractivity contribution is 0.414. The van der Waals surface area contributed by atoms with Gasteiger partial charge in [0, 0.05) is 25.0 Å². The number of hydrogen-bond donors (Lipinski definition) is 3. The molecule has 0 atom stereocenters. The zero-order valence-electron chi connectivity index (χ0n) is 15.2. The predicted molar refractivity (Wildman–Crippen MR) is 102 cm³/mol. The molecule has 0 unspecified atom stereocenters. The lowest BCUT2D eigenvalue weighted by Crippen LogP contribution is -2.04. The van der Waals surface area contributed by atoms with E-state index in [1.165, 1.54) is 6.21 Å². The molecule has 134 valence electrons. The van der Waals surface area contributed by atoms with E-state index in [4.69, 9.17) is 10.1 Å². The molecule has 0 saturated carbocycles. The minimum atomic E-state index is 0.562. The number of nitrogens with one attached hydrogen (secondary N) is 3.